The van der Waals surface area contributed by atoms with E-state index in [4.69, 9.17) is 28.3 Å². The zero-order valence-corrected chi connectivity index (χ0v) is 12.1. The molecule has 104 valence electrons. The summed E-state index contributed by atoms with van der Waals surface area (Å²) in [5.74, 6) is -1.68. The van der Waals surface area contributed by atoms with Crippen molar-refractivity contribution >= 4 is 35.1 Å². The number of amides is 1. The molecule has 0 bridgehead atoms. The maximum Gasteiger partial charge on any atom is 0.326 e. The third kappa shape index (κ3) is 4.73. The molecule has 0 heterocycles. The lowest BCUT2D eigenvalue weighted by molar-refractivity contribution is -0.142. The van der Waals surface area contributed by atoms with E-state index in [2.05, 4.69) is 5.32 Å². The largest absolute Gasteiger partial charge is 0.480 e. The first-order valence-electron chi connectivity index (χ1n) is 5.78. The Labute approximate surface area is 121 Å². The van der Waals surface area contributed by atoms with Gasteiger partial charge < -0.3 is 10.4 Å². The molecule has 6 heteroatoms. The second kappa shape index (κ2) is 6.78. The molecule has 0 aliphatic carbocycles. The van der Waals surface area contributed by atoms with Gasteiger partial charge in [0.15, 0.2) is 0 Å². The topological polar surface area (TPSA) is 66.4 Å². The van der Waals surface area contributed by atoms with Gasteiger partial charge in [0.2, 0.25) is 5.91 Å². The van der Waals surface area contributed by atoms with E-state index in [1.807, 2.05) is 0 Å². The van der Waals surface area contributed by atoms with Gasteiger partial charge in [0.25, 0.3) is 0 Å². The van der Waals surface area contributed by atoms with Crippen molar-refractivity contribution in [2.75, 3.05) is 0 Å². The predicted molar refractivity (Wildman–Crippen MR) is 74.6 cm³/mol. The molecule has 0 saturated heterocycles. The Kier molecular flexibility index (Phi) is 5.63. The maximum atomic E-state index is 11.6. The zero-order valence-electron chi connectivity index (χ0n) is 10.6. The fourth-order valence-corrected chi connectivity index (χ4v) is 1.93. The quantitative estimate of drug-likeness (QED) is 0.879. The van der Waals surface area contributed by atoms with Crippen molar-refractivity contribution in [2.24, 2.45) is 5.92 Å². The van der Waals surface area contributed by atoms with Crippen LogP contribution in [0.2, 0.25) is 10.0 Å². The van der Waals surface area contributed by atoms with Crippen LogP contribution in [0.4, 0.5) is 0 Å². The summed E-state index contributed by atoms with van der Waals surface area (Å²) in [6, 6.07) is 3.82. The van der Waals surface area contributed by atoms with Gasteiger partial charge in [-0.1, -0.05) is 43.1 Å². The molecule has 2 N–H and O–H groups in total. The number of carboxylic acid groups (broad SMARTS) is 1. The molecule has 4 nitrogen and oxygen atoms in total. The van der Waals surface area contributed by atoms with Crippen LogP contribution >= 0.6 is 23.2 Å². The van der Waals surface area contributed by atoms with Crippen LogP contribution < -0.4 is 5.32 Å². The van der Waals surface area contributed by atoms with E-state index in [0.29, 0.717) is 15.6 Å². The second-order valence-corrected chi connectivity index (χ2v) is 5.34. The second-order valence-electron chi connectivity index (χ2n) is 4.49. The average molecular weight is 304 g/mol. The molecular formula is C13H15Cl2NO3. The number of rotatable bonds is 5. The van der Waals surface area contributed by atoms with E-state index < -0.39 is 12.0 Å². The number of hydrogen-bond donors (Lipinski definition) is 2. The first-order chi connectivity index (χ1) is 8.81. The number of benzene rings is 1. The lowest BCUT2D eigenvalue weighted by Gasteiger charge is -2.16. The van der Waals surface area contributed by atoms with Crippen LogP contribution in [0.1, 0.15) is 19.4 Å². The van der Waals surface area contributed by atoms with Gasteiger partial charge in [-0.15, -0.1) is 0 Å². The highest BCUT2D eigenvalue weighted by Crippen LogP contribution is 2.22. The van der Waals surface area contributed by atoms with Crippen LogP contribution in [0.15, 0.2) is 18.2 Å². The number of carboxylic acids is 1. The fraction of sp³-hybridized carbons (Fsp3) is 0.385. The van der Waals surface area contributed by atoms with Crippen molar-refractivity contribution in [3.05, 3.63) is 33.8 Å². The summed E-state index contributed by atoms with van der Waals surface area (Å²) in [6.07, 6.45) is 0.115. The molecule has 1 atom stereocenters. The van der Waals surface area contributed by atoms with Crippen LogP contribution in [0, 0.1) is 5.92 Å². The minimum absolute atomic E-state index is 0.115. The van der Waals surface area contributed by atoms with Gasteiger partial charge in [-0.25, -0.2) is 4.79 Å². The number of halogens is 2. The minimum Gasteiger partial charge on any atom is -0.480 e. The Bertz CT molecular complexity index is 489. The molecular weight excluding hydrogens is 289 g/mol. The number of carbonyl (C=O) groups is 2. The lowest BCUT2D eigenvalue weighted by atomic mass is 10.0. The average Bonchev–Trinajstić information content (AvgIpc) is 2.30. The standard InChI is InChI=1S/C13H15Cl2NO3/c1-7(2)12(17)16-11(13(18)19)5-8-3-4-9(14)6-10(8)15/h3-4,6-7,11H,5H2,1-2H3,(H,16,17)(H,18,19)/t11-/m1/s1. The Balaban J connectivity index is 2.84. The number of nitrogens with one attached hydrogen (secondary N) is 1. The van der Waals surface area contributed by atoms with Crippen LogP contribution in [0.25, 0.3) is 0 Å². The summed E-state index contributed by atoms with van der Waals surface area (Å²) < 4.78 is 0. The molecule has 0 spiro atoms. The van der Waals surface area contributed by atoms with Gasteiger partial charge in [-0.2, -0.15) is 0 Å². The molecule has 0 aliphatic heterocycles. The van der Waals surface area contributed by atoms with Gasteiger partial charge in [0.05, 0.1) is 0 Å². The highest BCUT2D eigenvalue weighted by molar-refractivity contribution is 6.35. The smallest absolute Gasteiger partial charge is 0.326 e. The molecule has 0 radical (unpaired) electrons. The summed E-state index contributed by atoms with van der Waals surface area (Å²) in [5, 5.41) is 12.5. The van der Waals surface area contributed by atoms with Crippen molar-refractivity contribution in [1.29, 1.82) is 0 Å². The molecule has 19 heavy (non-hydrogen) atoms. The van der Waals surface area contributed by atoms with Crippen LogP contribution in [-0.2, 0) is 16.0 Å². The van der Waals surface area contributed by atoms with Gasteiger partial charge in [0, 0.05) is 22.4 Å². The number of aliphatic carboxylic acids is 1. The first-order valence-corrected chi connectivity index (χ1v) is 6.54. The van der Waals surface area contributed by atoms with Crippen molar-refractivity contribution in [3.8, 4) is 0 Å². The Morgan fingerprint density at radius 2 is 1.95 bits per heavy atom. The summed E-state index contributed by atoms with van der Waals surface area (Å²) in [7, 11) is 0. The van der Waals surface area contributed by atoms with E-state index >= 15 is 0 Å². The number of carbonyl (C=O) groups excluding carboxylic acids is 1. The maximum absolute atomic E-state index is 11.6. The van der Waals surface area contributed by atoms with Gasteiger partial charge in [0.1, 0.15) is 6.04 Å². The van der Waals surface area contributed by atoms with Gasteiger partial charge >= 0.3 is 5.97 Å². The van der Waals surface area contributed by atoms with Crippen molar-refractivity contribution in [3.63, 3.8) is 0 Å². The molecule has 0 fully saturated rings. The minimum atomic E-state index is -1.10. The molecule has 1 aromatic carbocycles. The van der Waals surface area contributed by atoms with E-state index in [1.54, 1.807) is 32.0 Å². The molecule has 0 saturated carbocycles. The van der Waals surface area contributed by atoms with Crippen LogP contribution in [0.3, 0.4) is 0 Å². The zero-order chi connectivity index (χ0) is 14.6. The Morgan fingerprint density at radius 1 is 1.32 bits per heavy atom. The third-order valence-electron chi connectivity index (χ3n) is 2.58. The predicted octanol–water partition coefficient (Wildman–Crippen LogP) is 2.76. The van der Waals surface area contributed by atoms with Gasteiger partial charge in [-0.3, -0.25) is 4.79 Å². The molecule has 0 unspecified atom stereocenters. The third-order valence-corrected chi connectivity index (χ3v) is 3.17. The Morgan fingerprint density at radius 3 is 2.42 bits per heavy atom. The normalized spacial score (nSPS) is 12.3. The highest BCUT2D eigenvalue weighted by atomic mass is 35.5. The molecule has 1 amide bonds. The van der Waals surface area contributed by atoms with E-state index in [0.717, 1.165) is 0 Å². The molecule has 1 rings (SSSR count). The summed E-state index contributed by atoms with van der Waals surface area (Å²) in [4.78, 5) is 22.7. The lowest BCUT2D eigenvalue weighted by Crippen LogP contribution is -2.44. The van der Waals surface area contributed by atoms with Crippen molar-refractivity contribution in [1.82, 2.24) is 5.32 Å². The molecule has 1 aromatic rings. The molecule has 0 aliphatic rings. The first kappa shape index (κ1) is 15.8. The van der Waals surface area contributed by atoms with E-state index in [9.17, 15) is 9.59 Å². The fourth-order valence-electron chi connectivity index (χ4n) is 1.45. The van der Waals surface area contributed by atoms with Crippen LogP contribution in [0.5, 0.6) is 0 Å². The van der Waals surface area contributed by atoms with Gasteiger partial charge in [-0.05, 0) is 17.7 Å². The molecule has 0 aromatic heterocycles. The SMILES string of the molecule is CC(C)C(=O)N[C@H](Cc1ccc(Cl)cc1Cl)C(=O)O. The number of hydrogen-bond acceptors (Lipinski definition) is 2. The highest BCUT2D eigenvalue weighted by Gasteiger charge is 2.22. The van der Waals surface area contributed by atoms with Crippen molar-refractivity contribution < 1.29 is 14.7 Å². The van der Waals surface area contributed by atoms with Crippen LogP contribution in [-0.4, -0.2) is 23.0 Å². The Hall–Kier alpha value is -1.26. The summed E-state index contributed by atoms with van der Waals surface area (Å²) in [5.41, 5.74) is 0.627. The summed E-state index contributed by atoms with van der Waals surface area (Å²) in [6.45, 7) is 3.40. The monoisotopic (exact) mass is 303 g/mol. The van der Waals surface area contributed by atoms with Crippen molar-refractivity contribution in [2.45, 2.75) is 26.3 Å². The van der Waals surface area contributed by atoms with E-state index in [1.165, 1.54) is 0 Å². The van der Waals surface area contributed by atoms with E-state index in [-0.39, 0.29) is 18.2 Å². The summed E-state index contributed by atoms with van der Waals surface area (Å²) >= 11 is 11.8.